The van der Waals surface area contributed by atoms with E-state index < -0.39 is 5.92 Å². The number of benzene rings is 1. The van der Waals surface area contributed by atoms with Crippen LogP contribution in [0.15, 0.2) is 59.4 Å². The van der Waals surface area contributed by atoms with Crippen molar-refractivity contribution in [2.75, 3.05) is 0 Å². The fourth-order valence-electron chi connectivity index (χ4n) is 1.85. The van der Waals surface area contributed by atoms with E-state index in [-0.39, 0.29) is 5.91 Å². The largest absolute Gasteiger partial charge is 0.460 e. The predicted octanol–water partition coefficient (Wildman–Crippen LogP) is 1.62. The smallest absolute Gasteiger partial charge is 0.257 e. The van der Waals surface area contributed by atoms with E-state index >= 15 is 0 Å². The Kier molecular flexibility index (Phi) is 2.26. The second kappa shape index (κ2) is 3.90. The highest BCUT2D eigenvalue weighted by Gasteiger charge is 2.34. The van der Waals surface area contributed by atoms with Crippen LogP contribution in [0.5, 0.6) is 5.75 Å². The van der Waals surface area contributed by atoms with Crippen LogP contribution in [0.4, 0.5) is 0 Å². The molecule has 1 heterocycles. The summed E-state index contributed by atoms with van der Waals surface area (Å²) in [5.74, 6) is 0.757. The van der Waals surface area contributed by atoms with Gasteiger partial charge >= 0.3 is 0 Å². The Hall–Kier alpha value is -2.36. The van der Waals surface area contributed by atoms with Crippen LogP contribution in [0.25, 0.3) is 0 Å². The van der Waals surface area contributed by atoms with Crippen LogP contribution in [0, 0.1) is 5.92 Å². The Labute approximate surface area is 98.3 Å². The van der Waals surface area contributed by atoms with Crippen molar-refractivity contribution >= 4 is 11.6 Å². The van der Waals surface area contributed by atoms with Gasteiger partial charge in [0.05, 0.1) is 5.71 Å². The quantitative estimate of drug-likeness (QED) is 0.833. The summed E-state index contributed by atoms with van der Waals surface area (Å²) in [4.78, 5) is 11.6. The number of nitrogens with zero attached hydrogens (tertiary/aromatic N) is 1. The molecule has 4 heteroatoms. The van der Waals surface area contributed by atoms with Gasteiger partial charge in [-0.15, -0.1) is 0 Å². The molecular formula is C13H10N2O2. The fraction of sp³-hybridized carbons (Fsp3) is 0.0769. The zero-order valence-corrected chi connectivity index (χ0v) is 8.96. The number of ether oxygens (including phenoxy) is 1. The standard InChI is InChI=1S/C13H10N2O2/c16-13-12-10(14-15-13)7-4-8-11(12)17-9-5-2-1-3-6-9/h1-8,12H,(H,15,16). The zero-order chi connectivity index (χ0) is 11.7. The predicted molar refractivity (Wildman–Crippen MR) is 63.4 cm³/mol. The lowest BCUT2D eigenvalue weighted by Gasteiger charge is -2.16. The first-order chi connectivity index (χ1) is 8.34. The van der Waals surface area contributed by atoms with E-state index in [2.05, 4.69) is 10.5 Å². The van der Waals surface area contributed by atoms with Gasteiger partial charge in [-0.2, -0.15) is 5.10 Å². The third-order valence-electron chi connectivity index (χ3n) is 2.64. The molecule has 1 aliphatic carbocycles. The average molecular weight is 226 g/mol. The summed E-state index contributed by atoms with van der Waals surface area (Å²) in [6.07, 6.45) is 5.43. The van der Waals surface area contributed by atoms with Crippen LogP contribution in [-0.2, 0) is 4.79 Å². The van der Waals surface area contributed by atoms with Crippen molar-refractivity contribution in [3.63, 3.8) is 0 Å². The van der Waals surface area contributed by atoms with Gasteiger partial charge in [0.2, 0.25) is 0 Å². The topological polar surface area (TPSA) is 50.7 Å². The number of amides is 1. The molecule has 1 N–H and O–H groups in total. The maximum Gasteiger partial charge on any atom is 0.257 e. The molecule has 0 saturated carbocycles. The maximum absolute atomic E-state index is 11.6. The maximum atomic E-state index is 11.6. The van der Waals surface area contributed by atoms with Gasteiger partial charge in [0, 0.05) is 0 Å². The van der Waals surface area contributed by atoms with Gasteiger partial charge in [-0.05, 0) is 24.3 Å². The van der Waals surface area contributed by atoms with Gasteiger partial charge in [-0.3, -0.25) is 4.79 Å². The van der Waals surface area contributed by atoms with Gasteiger partial charge in [-0.1, -0.05) is 24.3 Å². The van der Waals surface area contributed by atoms with Gasteiger partial charge in [0.1, 0.15) is 17.4 Å². The molecule has 1 amide bonds. The Bertz CT molecular complexity index is 544. The van der Waals surface area contributed by atoms with Crippen LogP contribution < -0.4 is 10.2 Å². The lowest BCUT2D eigenvalue weighted by atomic mass is 9.96. The molecule has 1 aliphatic heterocycles. The summed E-state index contributed by atoms with van der Waals surface area (Å²) >= 11 is 0. The SMILES string of the molecule is O=C1NN=C2C=CC=C(Oc3ccccc3)C12. The first kappa shape index (κ1) is 9.84. The Morgan fingerprint density at radius 2 is 2.06 bits per heavy atom. The summed E-state index contributed by atoms with van der Waals surface area (Å²) in [5, 5.41) is 3.94. The zero-order valence-electron chi connectivity index (χ0n) is 8.96. The van der Waals surface area contributed by atoms with E-state index in [1.54, 1.807) is 12.2 Å². The highest BCUT2D eigenvalue weighted by Crippen LogP contribution is 2.25. The number of para-hydroxylation sites is 1. The van der Waals surface area contributed by atoms with Gasteiger partial charge in [0.15, 0.2) is 0 Å². The number of rotatable bonds is 2. The number of fused-ring (bicyclic) bond motifs is 1. The van der Waals surface area contributed by atoms with Crippen LogP contribution in [0.3, 0.4) is 0 Å². The molecular weight excluding hydrogens is 216 g/mol. The highest BCUT2D eigenvalue weighted by atomic mass is 16.5. The van der Waals surface area contributed by atoms with Crippen LogP contribution >= 0.6 is 0 Å². The molecule has 0 radical (unpaired) electrons. The Morgan fingerprint density at radius 3 is 2.88 bits per heavy atom. The van der Waals surface area contributed by atoms with Gasteiger partial charge < -0.3 is 4.74 Å². The number of hydrogen-bond acceptors (Lipinski definition) is 3. The van der Waals surface area contributed by atoms with Gasteiger partial charge in [-0.25, -0.2) is 5.43 Å². The third kappa shape index (κ3) is 1.73. The summed E-state index contributed by atoms with van der Waals surface area (Å²) < 4.78 is 5.71. The van der Waals surface area contributed by atoms with Gasteiger partial charge in [0.25, 0.3) is 5.91 Å². The molecule has 2 aliphatic rings. The van der Waals surface area contributed by atoms with Crippen molar-refractivity contribution in [3.8, 4) is 5.75 Å². The second-order valence-electron chi connectivity index (χ2n) is 3.79. The van der Waals surface area contributed by atoms with Crippen LogP contribution in [-0.4, -0.2) is 11.6 Å². The molecule has 1 atom stereocenters. The molecule has 0 bridgehead atoms. The molecule has 0 saturated heterocycles. The van der Waals surface area contributed by atoms with Crippen molar-refractivity contribution in [2.45, 2.75) is 0 Å². The van der Waals surface area contributed by atoms with E-state index in [1.807, 2.05) is 36.4 Å². The summed E-state index contributed by atoms with van der Waals surface area (Å²) in [7, 11) is 0. The molecule has 0 fully saturated rings. The first-order valence-corrected chi connectivity index (χ1v) is 5.33. The number of carbonyl (C=O) groups is 1. The molecule has 0 aromatic heterocycles. The fourth-order valence-corrected chi connectivity index (χ4v) is 1.85. The number of nitrogens with one attached hydrogen (secondary N) is 1. The summed E-state index contributed by atoms with van der Waals surface area (Å²) in [6, 6.07) is 9.39. The van der Waals surface area contributed by atoms with Crippen molar-refractivity contribution in [3.05, 3.63) is 54.3 Å². The van der Waals surface area contributed by atoms with Crippen molar-refractivity contribution in [1.82, 2.24) is 5.43 Å². The molecule has 3 rings (SSSR count). The Morgan fingerprint density at radius 1 is 1.24 bits per heavy atom. The molecule has 84 valence electrons. The molecule has 4 nitrogen and oxygen atoms in total. The number of hydrazone groups is 1. The van der Waals surface area contributed by atoms with E-state index in [0.29, 0.717) is 17.2 Å². The minimum Gasteiger partial charge on any atom is -0.460 e. The normalized spacial score (nSPS) is 21.4. The van der Waals surface area contributed by atoms with Crippen LogP contribution in [0.2, 0.25) is 0 Å². The summed E-state index contributed by atoms with van der Waals surface area (Å²) in [5.41, 5.74) is 3.15. The van der Waals surface area contributed by atoms with E-state index in [9.17, 15) is 4.79 Å². The third-order valence-corrected chi connectivity index (χ3v) is 2.64. The molecule has 17 heavy (non-hydrogen) atoms. The molecule has 0 spiro atoms. The lowest BCUT2D eigenvalue weighted by Crippen LogP contribution is -2.27. The molecule has 1 aromatic rings. The van der Waals surface area contributed by atoms with E-state index in [1.165, 1.54) is 0 Å². The van der Waals surface area contributed by atoms with Crippen molar-refractivity contribution in [2.24, 2.45) is 11.0 Å². The van der Waals surface area contributed by atoms with Crippen molar-refractivity contribution in [1.29, 1.82) is 0 Å². The monoisotopic (exact) mass is 226 g/mol. The lowest BCUT2D eigenvalue weighted by molar-refractivity contribution is -0.121. The second-order valence-corrected chi connectivity index (χ2v) is 3.79. The van der Waals surface area contributed by atoms with Crippen molar-refractivity contribution < 1.29 is 9.53 Å². The minimum atomic E-state index is -0.416. The Balaban J connectivity index is 1.88. The number of carbonyl (C=O) groups excluding carboxylic acids is 1. The number of hydrogen-bond donors (Lipinski definition) is 1. The van der Waals surface area contributed by atoms with E-state index in [0.717, 1.165) is 0 Å². The summed E-state index contributed by atoms with van der Waals surface area (Å²) in [6.45, 7) is 0. The molecule has 1 aromatic carbocycles. The van der Waals surface area contributed by atoms with Crippen LogP contribution in [0.1, 0.15) is 0 Å². The molecule has 1 unspecified atom stereocenters. The van der Waals surface area contributed by atoms with E-state index in [4.69, 9.17) is 4.74 Å². The average Bonchev–Trinajstić information content (AvgIpc) is 2.74. The first-order valence-electron chi connectivity index (χ1n) is 5.33. The highest BCUT2D eigenvalue weighted by molar-refractivity contribution is 6.16. The minimum absolute atomic E-state index is 0.147. The number of allylic oxidation sites excluding steroid dienone is 3.